The lowest BCUT2D eigenvalue weighted by Crippen LogP contribution is -2.19. The quantitative estimate of drug-likeness (QED) is 0.473. The maximum atomic E-state index is 13.0. The first-order valence-electron chi connectivity index (χ1n) is 6.29. The van der Waals surface area contributed by atoms with E-state index >= 15 is 0 Å². The molecule has 3 nitrogen and oxygen atoms in total. The van der Waals surface area contributed by atoms with Crippen LogP contribution in [0.4, 0.5) is 10.0 Å². The Labute approximate surface area is 119 Å². The molecule has 0 aliphatic heterocycles. The number of anilines is 1. The number of hydrogen-bond acceptors (Lipinski definition) is 3. The predicted octanol–water partition coefficient (Wildman–Crippen LogP) is 2.58. The third-order valence-electron chi connectivity index (χ3n) is 2.60. The second-order valence-corrected chi connectivity index (χ2v) is 4.79. The Morgan fingerprint density at radius 1 is 1.42 bits per heavy atom. The van der Waals surface area contributed by atoms with E-state index < -0.39 is 7.56 Å². The molecular weight excluding hydrogens is 264 g/mol. The van der Waals surface area contributed by atoms with Crippen LogP contribution in [0.2, 0.25) is 0 Å². The van der Waals surface area contributed by atoms with Crippen molar-refractivity contribution < 1.29 is 13.8 Å². The lowest BCUT2D eigenvalue weighted by atomic mass is 9.89. The molecular formula is C13H19BFNO2S. The molecule has 1 aromatic rings. The third kappa shape index (κ3) is 4.71. The summed E-state index contributed by atoms with van der Waals surface area (Å²) in [6.45, 7) is 4.45. The predicted molar refractivity (Wildman–Crippen MR) is 83.2 cm³/mol. The van der Waals surface area contributed by atoms with Crippen molar-refractivity contribution in [3.63, 3.8) is 0 Å². The SMILES string of the molecule is CCCCOc1cc(NC(C)=S)c(BF)cc1OC. The van der Waals surface area contributed by atoms with Gasteiger partial charge in [-0.3, -0.25) is 0 Å². The van der Waals surface area contributed by atoms with Gasteiger partial charge in [-0.2, -0.15) is 0 Å². The van der Waals surface area contributed by atoms with Crippen LogP contribution in [0.25, 0.3) is 0 Å². The van der Waals surface area contributed by atoms with Gasteiger partial charge in [-0.25, -0.2) is 0 Å². The second-order valence-electron chi connectivity index (χ2n) is 4.18. The monoisotopic (exact) mass is 283 g/mol. The van der Waals surface area contributed by atoms with Gasteiger partial charge in [-0.15, -0.1) is 0 Å². The van der Waals surface area contributed by atoms with E-state index in [1.54, 1.807) is 26.2 Å². The van der Waals surface area contributed by atoms with Crippen molar-refractivity contribution in [3.8, 4) is 11.5 Å². The highest BCUT2D eigenvalue weighted by atomic mass is 32.1. The number of halogens is 1. The van der Waals surface area contributed by atoms with Gasteiger partial charge in [-0.05, 0) is 24.9 Å². The lowest BCUT2D eigenvalue weighted by molar-refractivity contribution is 0.288. The van der Waals surface area contributed by atoms with E-state index in [9.17, 15) is 4.32 Å². The molecule has 0 aliphatic carbocycles. The highest BCUT2D eigenvalue weighted by Gasteiger charge is 2.13. The average molecular weight is 283 g/mol. The zero-order chi connectivity index (χ0) is 14.3. The Balaban J connectivity index is 3.02. The zero-order valence-electron chi connectivity index (χ0n) is 11.6. The van der Waals surface area contributed by atoms with Crippen LogP contribution in [0.3, 0.4) is 0 Å². The molecule has 0 saturated carbocycles. The number of ether oxygens (including phenoxy) is 2. The maximum absolute atomic E-state index is 13.0. The number of nitrogens with one attached hydrogen (secondary N) is 1. The molecule has 0 aromatic heterocycles. The normalized spacial score (nSPS) is 9.89. The van der Waals surface area contributed by atoms with Gasteiger partial charge in [0.1, 0.15) is 0 Å². The van der Waals surface area contributed by atoms with Crippen LogP contribution in [-0.2, 0) is 0 Å². The molecule has 0 unspecified atom stereocenters. The van der Waals surface area contributed by atoms with Crippen LogP contribution >= 0.6 is 12.2 Å². The summed E-state index contributed by atoms with van der Waals surface area (Å²) in [4.78, 5) is 0.583. The smallest absolute Gasteiger partial charge is 0.366 e. The van der Waals surface area contributed by atoms with Gasteiger partial charge >= 0.3 is 7.56 Å². The first kappa shape index (κ1) is 15.8. The van der Waals surface area contributed by atoms with Crippen molar-refractivity contribution in [1.82, 2.24) is 0 Å². The molecule has 0 fully saturated rings. The third-order valence-corrected chi connectivity index (χ3v) is 2.70. The van der Waals surface area contributed by atoms with Crippen LogP contribution in [0.5, 0.6) is 11.5 Å². The standard InChI is InChI=1S/C13H19BFNO2S/c1-4-5-6-18-13-8-11(16-9(2)19)10(14-15)7-12(13)17-3/h7-8,14H,4-6H2,1-3H3,(H,16,19). The van der Waals surface area contributed by atoms with E-state index in [2.05, 4.69) is 12.2 Å². The van der Waals surface area contributed by atoms with Gasteiger partial charge in [0.15, 0.2) is 11.5 Å². The number of unbranched alkanes of at least 4 members (excludes halogenated alkanes) is 1. The van der Waals surface area contributed by atoms with Crippen molar-refractivity contribution in [2.24, 2.45) is 0 Å². The van der Waals surface area contributed by atoms with Gasteiger partial charge in [0.25, 0.3) is 0 Å². The topological polar surface area (TPSA) is 30.5 Å². The Hall–Kier alpha value is -1.30. The number of methoxy groups -OCH3 is 1. The summed E-state index contributed by atoms with van der Waals surface area (Å²) in [5.74, 6) is 1.14. The van der Waals surface area contributed by atoms with Crippen molar-refractivity contribution >= 4 is 35.9 Å². The number of thiocarbonyl (C=S) groups is 1. The molecule has 1 N–H and O–H groups in total. The Bertz CT molecular complexity index is 443. The highest BCUT2D eigenvalue weighted by Crippen LogP contribution is 2.29. The fourth-order valence-corrected chi connectivity index (χ4v) is 1.73. The second kappa shape index (κ2) is 7.99. The van der Waals surface area contributed by atoms with Gasteiger partial charge in [0.05, 0.1) is 18.7 Å². The molecule has 6 heteroatoms. The Morgan fingerprint density at radius 2 is 2.16 bits per heavy atom. The molecule has 1 aromatic carbocycles. The van der Waals surface area contributed by atoms with Crippen LogP contribution in [-0.4, -0.2) is 26.3 Å². The first-order chi connectivity index (χ1) is 9.12. The Kier molecular flexibility index (Phi) is 6.63. The summed E-state index contributed by atoms with van der Waals surface area (Å²) in [6, 6.07) is 3.38. The van der Waals surface area contributed by atoms with E-state index in [1.807, 2.05) is 0 Å². The molecule has 104 valence electrons. The molecule has 0 saturated heterocycles. The summed E-state index contributed by atoms with van der Waals surface area (Å²) in [5.41, 5.74) is 1.13. The van der Waals surface area contributed by atoms with Crippen LogP contribution < -0.4 is 20.3 Å². The maximum Gasteiger partial charge on any atom is 0.366 e. The summed E-state index contributed by atoms with van der Waals surface area (Å²) < 4.78 is 23.9. The average Bonchev–Trinajstić information content (AvgIpc) is 2.38. The lowest BCUT2D eigenvalue weighted by Gasteiger charge is -2.15. The fraction of sp³-hybridized carbons (Fsp3) is 0.462. The van der Waals surface area contributed by atoms with E-state index in [-0.39, 0.29) is 0 Å². The molecule has 0 aliphatic rings. The molecule has 0 atom stereocenters. The highest BCUT2D eigenvalue weighted by molar-refractivity contribution is 7.80. The van der Waals surface area contributed by atoms with Crippen molar-refractivity contribution in [2.45, 2.75) is 26.7 Å². The molecule has 0 amide bonds. The van der Waals surface area contributed by atoms with Crippen molar-refractivity contribution in [2.75, 3.05) is 19.0 Å². The van der Waals surface area contributed by atoms with E-state index in [4.69, 9.17) is 21.7 Å². The minimum atomic E-state index is -0.587. The summed E-state index contributed by atoms with van der Waals surface area (Å²) >= 11 is 4.99. The summed E-state index contributed by atoms with van der Waals surface area (Å²) in [5, 5.41) is 2.96. The Morgan fingerprint density at radius 3 is 2.68 bits per heavy atom. The van der Waals surface area contributed by atoms with E-state index in [1.165, 1.54) is 0 Å². The number of rotatable bonds is 7. The van der Waals surface area contributed by atoms with Gasteiger partial charge in [-0.1, -0.05) is 25.6 Å². The molecule has 0 heterocycles. The van der Waals surface area contributed by atoms with Crippen LogP contribution in [0, 0.1) is 0 Å². The molecule has 19 heavy (non-hydrogen) atoms. The number of benzene rings is 1. The van der Waals surface area contributed by atoms with Crippen molar-refractivity contribution in [3.05, 3.63) is 12.1 Å². The summed E-state index contributed by atoms with van der Waals surface area (Å²) in [7, 11) is 0.956. The van der Waals surface area contributed by atoms with Gasteiger partial charge in [0.2, 0.25) is 0 Å². The molecule has 0 spiro atoms. The minimum absolute atomic E-state index is 0.504. The first-order valence-corrected chi connectivity index (χ1v) is 6.70. The zero-order valence-corrected chi connectivity index (χ0v) is 12.4. The largest absolute Gasteiger partial charge is 0.493 e. The summed E-state index contributed by atoms with van der Waals surface area (Å²) in [6.07, 6.45) is 2.01. The van der Waals surface area contributed by atoms with Crippen LogP contribution in [0.15, 0.2) is 12.1 Å². The van der Waals surface area contributed by atoms with Gasteiger partial charge in [0, 0.05) is 11.8 Å². The van der Waals surface area contributed by atoms with Crippen molar-refractivity contribution in [1.29, 1.82) is 0 Å². The van der Waals surface area contributed by atoms with Gasteiger partial charge < -0.3 is 19.1 Å². The fourth-order valence-electron chi connectivity index (χ4n) is 1.62. The number of hydrogen-bond donors (Lipinski definition) is 1. The molecule has 0 bridgehead atoms. The minimum Gasteiger partial charge on any atom is -0.493 e. The van der Waals surface area contributed by atoms with E-state index in [0.29, 0.717) is 34.2 Å². The van der Waals surface area contributed by atoms with E-state index in [0.717, 1.165) is 12.8 Å². The molecule has 1 rings (SSSR count). The van der Waals surface area contributed by atoms with Crippen LogP contribution in [0.1, 0.15) is 26.7 Å². The molecule has 0 radical (unpaired) electrons.